The Morgan fingerprint density at radius 3 is 2.45 bits per heavy atom. The summed E-state index contributed by atoms with van der Waals surface area (Å²) >= 11 is 1.44. The zero-order valence-corrected chi connectivity index (χ0v) is 18.2. The average Bonchev–Trinajstić information content (AvgIpc) is 2.77. The summed E-state index contributed by atoms with van der Waals surface area (Å²) in [4.78, 5) is 36.9. The molecule has 6 nitrogen and oxygen atoms in total. The second-order valence-corrected chi connectivity index (χ2v) is 8.23. The fraction of sp³-hybridized carbons (Fsp3) is 0.167. The summed E-state index contributed by atoms with van der Waals surface area (Å²) in [5, 5.41) is 0.491. The number of pyridine rings is 1. The van der Waals surface area contributed by atoms with E-state index in [0.717, 1.165) is 16.7 Å². The maximum atomic E-state index is 12.9. The van der Waals surface area contributed by atoms with Gasteiger partial charge in [0.25, 0.3) is 5.56 Å². The minimum atomic E-state index is -0.592. The lowest BCUT2D eigenvalue weighted by Crippen LogP contribution is -2.16. The Labute approximate surface area is 183 Å². The number of hydrogen-bond donors (Lipinski definition) is 1. The van der Waals surface area contributed by atoms with E-state index in [-0.39, 0.29) is 21.8 Å². The maximum Gasteiger partial charge on any atom is 0.338 e. The van der Waals surface area contributed by atoms with E-state index in [2.05, 4.69) is 46.1 Å². The zero-order chi connectivity index (χ0) is 22.0. The predicted molar refractivity (Wildman–Crippen MR) is 122 cm³/mol. The van der Waals surface area contributed by atoms with Crippen LogP contribution in [0.3, 0.4) is 0 Å². The Morgan fingerprint density at radius 2 is 1.74 bits per heavy atom. The zero-order valence-electron chi connectivity index (χ0n) is 17.4. The van der Waals surface area contributed by atoms with Crippen LogP contribution in [0.15, 0.2) is 70.6 Å². The molecule has 7 heteroatoms. The SMILES string of the molecule is COC(=O)c1cc(C)nc2nc(SC(c3ccccc3)c3ccccc3C)[nH]c(=O)c12. The summed E-state index contributed by atoms with van der Waals surface area (Å²) in [6.07, 6.45) is 0. The van der Waals surface area contributed by atoms with Crippen LogP contribution in [0.25, 0.3) is 11.0 Å². The number of H-pyrrole nitrogens is 1. The van der Waals surface area contributed by atoms with Crippen molar-refractivity contribution < 1.29 is 9.53 Å². The number of thioether (sulfide) groups is 1. The number of rotatable bonds is 5. The number of hydrogen-bond acceptors (Lipinski definition) is 6. The lowest BCUT2D eigenvalue weighted by atomic mass is 10.0. The molecule has 1 unspecified atom stereocenters. The van der Waals surface area contributed by atoms with Gasteiger partial charge in [-0.1, -0.05) is 66.4 Å². The van der Waals surface area contributed by atoms with E-state index in [4.69, 9.17) is 4.74 Å². The third-order valence-corrected chi connectivity index (χ3v) is 6.17. The Hall–Kier alpha value is -3.45. The monoisotopic (exact) mass is 431 g/mol. The minimum absolute atomic E-state index is 0.0760. The molecule has 1 atom stereocenters. The number of carbonyl (C=O) groups excluding carboxylic acids is 1. The van der Waals surface area contributed by atoms with Crippen molar-refractivity contribution in [1.82, 2.24) is 15.0 Å². The number of aromatic nitrogens is 3. The summed E-state index contributed by atoms with van der Waals surface area (Å²) in [7, 11) is 1.28. The summed E-state index contributed by atoms with van der Waals surface area (Å²) < 4.78 is 4.83. The highest BCUT2D eigenvalue weighted by molar-refractivity contribution is 7.99. The molecule has 0 aliphatic heterocycles. The molecular formula is C24H21N3O3S. The van der Waals surface area contributed by atoms with Crippen molar-refractivity contribution in [3.05, 3.63) is 99.0 Å². The number of esters is 1. The molecule has 2 aromatic carbocycles. The summed E-state index contributed by atoms with van der Waals surface area (Å²) in [5.41, 5.74) is 3.93. The standard InChI is InChI=1S/C24H21N3O3S/c1-14-9-7-8-12-17(14)20(16-10-5-4-6-11-16)31-24-26-21-19(22(28)27-24)18(23(29)30-3)13-15(2)25-21/h4-13,20H,1-3H3,(H,25,26,27,28). The minimum Gasteiger partial charge on any atom is -0.465 e. The van der Waals surface area contributed by atoms with E-state index in [9.17, 15) is 9.59 Å². The van der Waals surface area contributed by atoms with Crippen LogP contribution >= 0.6 is 11.8 Å². The van der Waals surface area contributed by atoms with E-state index in [1.54, 1.807) is 6.92 Å². The van der Waals surface area contributed by atoms with Crippen molar-refractivity contribution in [3.8, 4) is 0 Å². The molecule has 156 valence electrons. The molecule has 2 heterocycles. The maximum absolute atomic E-state index is 12.9. The quantitative estimate of drug-likeness (QED) is 0.282. The molecule has 0 fully saturated rings. The van der Waals surface area contributed by atoms with Gasteiger partial charge in [0.2, 0.25) is 0 Å². The second kappa shape index (κ2) is 8.73. The highest BCUT2D eigenvalue weighted by Crippen LogP contribution is 2.40. The molecule has 31 heavy (non-hydrogen) atoms. The third kappa shape index (κ3) is 4.22. The van der Waals surface area contributed by atoms with Gasteiger partial charge >= 0.3 is 5.97 Å². The van der Waals surface area contributed by atoms with E-state index in [1.807, 2.05) is 30.3 Å². The van der Waals surface area contributed by atoms with Crippen molar-refractivity contribution in [2.45, 2.75) is 24.3 Å². The van der Waals surface area contributed by atoms with Crippen molar-refractivity contribution >= 4 is 28.8 Å². The van der Waals surface area contributed by atoms with E-state index in [1.165, 1.54) is 24.9 Å². The van der Waals surface area contributed by atoms with Crippen molar-refractivity contribution in [2.75, 3.05) is 7.11 Å². The topological polar surface area (TPSA) is 84.9 Å². The molecule has 0 amide bonds. The van der Waals surface area contributed by atoms with E-state index < -0.39 is 11.5 Å². The lowest BCUT2D eigenvalue weighted by molar-refractivity contribution is 0.0602. The summed E-state index contributed by atoms with van der Waals surface area (Å²) in [5.74, 6) is -0.592. The second-order valence-electron chi connectivity index (χ2n) is 7.14. The largest absolute Gasteiger partial charge is 0.465 e. The van der Waals surface area contributed by atoms with Gasteiger partial charge in [0, 0.05) is 5.69 Å². The molecule has 0 radical (unpaired) electrons. The molecule has 0 bridgehead atoms. The van der Waals surface area contributed by atoms with E-state index in [0.29, 0.717) is 10.9 Å². The van der Waals surface area contributed by atoms with Gasteiger partial charge in [-0.15, -0.1) is 0 Å². The fourth-order valence-corrected chi connectivity index (χ4v) is 4.70. The van der Waals surface area contributed by atoms with Crippen molar-refractivity contribution in [2.24, 2.45) is 0 Å². The Bertz CT molecular complexity index is 1320. The first-order chi connectivity index (χ1) is 15.0. The summed E-state index contributed by atoms with van der Waals surface area (Å²) in [6.45, 7) is 3.82. The van der Waals surface area contributed by atoms with Crippen LogP contribution in [0.5, 0.6) is 0 Å². The van der Waals surface area contributed by atoms with Crippen molar-refractivity contribution in [1.29, 1.82) is 0 Å². The Balaban J connectivity index is 1.85. The number of aromatic amines is 1. The van der Waals surface area contributed by atoms with Gasteiger partial charge in [0.15, 0.2) is 10.8 Å². The molecule has 0 spiro atoms. The number of benzene rings is 2. The van der Waals surface area contributed by atoms with Crippen LogP contribution in [0.1, 0.15) is 38.0 Å². The number of methoxy groups -OCH3 is 1. The molecule has 4 rings (SSSR count). The van der Waals surface area contributed by atoms with Gasteiger partial charge < -0.3 is 9.72 Å². The first-order valence-electron chi connectivity index (χ1n) is 9.75. The smallest absolute Gasteiger partial charge is 0.338 e. The van der Waals surface area contributed by atoms with Gasteiger partial charge in [0.1, 0.15) is 0 Å². The average molecular weight is 432 g/mol. The fourth-order valence-electron chi connectivity index (χ4n) is 3.50. The molecule has 0 saturated heterocycles. The number of nitrogens with zero attached hydrogens (tertiary/aromatic N) is 2. The predicted octanol–water partition coefficient (Wildman–Crippen LogP) is 4.60. The molecule has 2 aromatic heterocycles. The van der Waals surface area contributed by atoms with Gasteiger partial charge in [-0.2, -0.15) is 0 Å². The molecule has 4 aromatic rings. The van der Waals surface area contributed by atoms with Crippen LogP contribution < -0.4 is 5.56 Å². The molecule has 1 N–H and O–H groups in total. The Morgan fingerprint density at radius 1 is 1.03 bits per heavy atom. The van der Waals surface area contributed by atoms with E-state index >= 15 is 0 Å². The van der Waals surface area contributed by atoms with Crippen LogP contribution in [-0.4, -0.2) is 28.0 Å². The van der Waals surface area contributed by atoms with Crippen LogP contribution in [0, 0.1) is 13.8 Å². The van der Waals surface area contributed by atoms with Crippen LogP contribution in [0.4, 0.5) is 0 Å². The first-order valence-corrected chi connectivity index (χ1v) is 10.6. The number of aryl methyl sites for hydroxylation is 2. The van der Waals surface area contributed by atoms with Gasteiger partial charge in [-0.3, -0.25) is 4.79 Å². The first kappa shape index (κ1) is 20.8. The van der Waals surface area contributed by atoms with Gasteiger partial charge in [-0.05, 0) is 36.6 Å². The molecular weight excluding hydrogens is 410 g/mol. The van der Waals surface area contributed by atoms with Gasteiger partial charge in [-0.25, -0.2) is 14.8 Å². The number of nitrogens with one attached hydrogen (secondary N) is 1. The highest BCUT2D eigenvalue weighted by Gasteiger charge is 2.21. The molecule has 0 aliphatic rings. The molecule has 0 aliphatic carbocycles. The number of fused-ring (bicyclic) bond motifs is 1. The number of ether oxygens (including phenoxy) is 1. The van der Waals surface area contributed by atoms with Crippen LogP contribution in [0.2, 0.25) is 0 Å². The normalized spacial score (nSPS) is 12.0. The highest BCUT2D eigenvalue weighted by atomic mass is 32.2. The number of carbonyl (C=O) groups is 1. The molecule has 0 saturated carbocycles. The van der Waals surface area contributed by atoms with Gasteiger partial charge in [0.05, 0.1) is 23.3 Å². The summed E-state index contributed by atoms with van der Waals surface area (Å²) in [6, 6.07) is 19.8. The third-order valence-electron chi connectivity index (χ3n) is 4.99. The Kier molecular flexibility index (Phi) is 5.86. The van der Waals surface area contributed by atoms with Crippen LogP contribution in [-0.2, 0) is 4.74 Å². The lowest BCUT2D eigenvalue weighted by Gasteiger charge is -2.19. The van der Waals surface area contributed by atoms with Crippen molar-refractivity contribution in [3.63, 3.8) is 0 Å².